The van der Waals surface area contributed by atoms with E-state index in [0.29, 0.717) is 29.0 Å². The second kappa shape index (κ2) is 7.48. The molecule has 2 aromatic heterocycles. The number of halogens is 2. The summed E-state index contributed by atoms with van der Waals surface area (Å²) >= 11 is 5.87. The zero-order valence-electron chi connectivity index (χ0n) is 13.4. The van der Waals surface area contributed by atoms with Crippen molar-refractivity contribution in [2.45, 2.75) is 19.4 Å². The molecule has 25 heavy (non-hydrogen) atoms. The van der Waals surface area contributed by atoms with Crippen molar-refractivity contribution < 1.29 is 18.3 Å². The molecule has 1 aromatic carbocycles. The van der Waals surface area contributed by atoms with Gasteiger partial charge in [-0.05, 0) is 24.3 Å². The van der Waals surface area contributed by atoms with E-state index in [2.05, 4.69) is 9.97 Å². The van der Waals surface area contributed by atoms with Crippen LogP contribution in [-0.4, -0.2) is 20.5 Å². The molecule has 0 aliphatic carbocycles. The zero-order chi connectivity index (χ0) is 17.8. The number of esters is 1. The van der Waals surface area contributed by atoms with E-state index in [9.17, 15) is 9.18 Å². The van der Waals surface area contributed by atoms with Gasteiger partial charge in [-0.2, -0.15) is 0 Å². The Morgan fingerprint density at radius 2 is 2.04 bits per heavy atom. The van der Waals surface area contributed by atoms with E-state index in [1.807, 2.05) is 0 Å². The van der Waals surface area contributed by atoms with Crippen molar-refractivity contribution in [2.24, 2.45) is 7.05 Å². The van der Waals surface area contributed by atoms with Gasteiger partial charge in [0.15, 0.2) is 11.7 Å². The van der Waals surface area contributed by atoms with Crippen LogP contribution in [0.4, 0.5) is 4.39 Å². The van der Waals surface area contributed by atoms with Crippen molar-refractivity contribution >= 4 is 17.6 Å². The quantitative estimate of drug-likeness (QED) is 0.626. The lowest BCUT2D eigenvalue weighted by atomic mass is 10.2. The van der Waals surface area contributed by atoms with Gasteiger partial charge in [-0.3, -0.25) is 4.79 Å². The number of nitrogens with zero attached hydrogens (tertiary/aromatic N) is 3. The van der Waals surface area contributed by atoms with Gasteiger partial charge in [0.2, 0.25) is 0 Å². The summed E-state index contributed by atoms with van der Waals surface area (Å²) in [6, 6.07) is 5.90. The molecule has 0 aliphatic rings. The van der Waals surface area contributed by atoms with Crippen LogP contribution in [0.25, 0.3) is 11.3 Å². The second-order valence-electron chi connectivity index (χ2n) is 5.34. The molecule has 0 N–H and O–H groups in total. The lowest BCUT2D eigenvalue weighted by molar-refractivity contribution is -0.145. The van der Waals surface area contributed by atoms with Gasteiger partial charge in [-0.25, -0.2) is 14.4 Å². The number of oxazole rings is 1. The molecular formula is C17H15ClFN3O3. The number of carbonyl (C=O) groups excluding carboxylic acids is 1. The monoisotopic (exact) mass is 363 g/mol. The van der Waals surface area contributed by atoms with Crippen LogP contribution in [-0.2, 0) is 29.6 Å². The van der Waals surface area contributed by atoms with Gasteiger partial charge in [0.05, 0.1) is 18.8 Å². The predicted octanol–water partition coefficient (Wildman–Crippen LogP) is 3.54. The van der Waals surface area contributed by atoms with Crippen LogP contribution in [0.1, 0.15) is 18.1 Å². The Morgan fingerprint density at radius 1 is 1.28 bits per heavy atom. The molecule has 6 nitrogen and oxygen atoms in total. The minimum Gasteiger partial charge on any atom is -0.457 e. The summed E-state index contributed by atoms with van der Waals surface area (Å²) in [6.45, 7) is 0.0501. The highest BCUT2D eigenvalue weighted by molar-refractivity contribution is 6.29. The molecule has 0 atom stereocenters. The molecule has 0 radical (unpaired) electrons. The highest BCUT2D eigenvalue weighted by Gasteiger charge is 2.12. The summed E-state index contributed by atoms with van der Waals surface area (Å²) in [4.78, 5) is 20.0. The Morgan fingerprint density at radius 3 is 2.72 bits per heavy atom. The zero-order valence-corrected chi connectivity index (χ0v) is 14.2. The highest BCUT2D eigenvalue weighted by atomic mass is 35.5. The molecule has 8 heteroatoms. The van der Waals surface area contributed by atoms with E-state index >= 15 is 0 Å². The Kier molecular flexibility index (Phi) is 5.14. The maximum atomic E-state index is 12.9. The first-order chi connectivity index (χ1) is 12.0. The SMILES string of the molecule is Cn1c(Cl)cnc1COC(=O)CCc1ncc(-c2ccc(F)cc2)o1. The maximum absolute atomic E-state index is 12.9. The van der Waals surface area contributed by atoms with E-state index in [1.54, 1.807) is 29.9 Å². The smallest absolute Gasteiger partial charge is 0.306 e. The van der Waals surface area contributed by atoms with Crippen LogP contribution < -0.4 is 0 Å². The fourth-order valence-electron chi connectivity index (χ4n) is 2.16. The second-order valence-corrected chi connectivity index (χ2v) is 5.73. The molecule has 130 valence electrons. The molecule has 0 aliphatic heterocycles. The van der Waals surface area contributed by atoms with Gasteiger partial charge in [-0.15, -0.1) is 0 Å². The normalized spacial score (nSPS) is 10.8. The summed E-state index contributed by atoms with van der Waals surface area (Å²) in [5, 5.41) is 0.471. The number of benzene rings is 1. The van der Waals surface area contributed by atoms with E-state index in [0.717, 1.165) is 5.56 Å². The summed E-state index contributed by atoms with van der Waals surface area (Å²) < 4.78 is 25.3. The van der Waals surface area contributed by atoms with E-state index in [4.69, 9.17) is 20.8 Å². The van der Waals surface area contributed by atoms with E-state index in [1.165, 1.54) is 18.3 Å². The van der Waals surface area contributed by atoms with Crippen molar-refractivity contribution in [3.8, 4) is 11.3 Å². The van der Waals surface area contributed by atoms with Crippen LogP contribution in [0.5, 0.6) is 0 Å². The molecule has 0 fully saturated rings. The van der Waals surface area contributed by atoms with Crippen molar-refractivity contribution in [3.63, 3.8) is 0 Å². The largest absolute Gasteiger partial charge is 0.457 e. The summed E-state index contributed by atoms with van der Waals surface area (Å²) in [6.07, 6.45) is 3.47. The first-order valence-electron chi connectivity index (χ1n) is 7.55. The number of aryl methyl sites for hydroxylation is 1. The molecule has 3 rings (SSSR count). The number of ether oxygens (including phenoxy) is 1. The number of rotatable bonds is 6. The minimum atomic E-state index is -0.388. The molecule has 0 amide bonds. The lowest BCUT2D eigenvalue weighted by Gasteiger charge is -2.04. The molecule has 0 saturated heterocycles. The number of carbonyl (C=O) groups is 1. The molecule has 0 bridgehead atoms. The summed E-state index contributed by atoms with van der Waals surface area (Å²) in [7, 11) is 1.74. The van der Waals surface area contributed by atoms with Gasteiger partial charge in [-0.1, -0.05) is 11.6 Å². The minimum absolute atomic E-state index is 0.0501. The van der Waals surface area contributed by atoms with Crippen molar-refractivity contribution in [1.29, 1.82) is 0 Å². The lowest BCUT2D eigenvalue weighted by Crippen LogP contribution is -2.09. The first-order valence-corrected chi connectivity index (χ1v) is 7.93. The van der Waals surface area contributed by atoms with Crippen LogP contribution in [0.3, 0.4) is 0 Å². The highest BCUT2D eigenvalue weighted by Crippen LogP contribution is 2.21. The Labute approximate surface area is 148 Å². The first kappa shape index (κ1) is 17.2. The van der Waals surface area contributed by atoms with Crippen LogP contribution in [0, 0.1) is 5.82 Å². The average Bonchev–Trinajstić information content (AvgIpc) is 3.20. The maximum Gasteiger partial charge on any atom is 0.306 e. The molecular weight excluding hydrogens is 349 g/mol. The number of hydrogen-bond acceptors (Lipinski definition) is 5. The third-order valence-electron chi connectivity index (χ3n) is 3.62. The molecule has 3 aromatic rings. The molecule has 0 saturated carbocycles. The fraction of sp³-hybridized carbons (Fsp3) is 0.235. The standard InChI is InChI=1S/C17H15ClFN3O3/c1-22-14(18)9-20-15(22)10-24-17(23)7-6-16-21-8-13(25-16)11-2-4-12(19)5-3-11/h2-5,8-9H,6-7,10H2,1H3. The van der Waals surface area contributed by atoms with Crippen LogP contribution in [0.2, 0.25) is 5.15 Å². The van der Waals surface area contributed by atoms with Gasteiger partial charge < -0.3 is 13.7 Å². The Bertz CT molecular complexity index is 874. The van der Waals surface area contributed by atoms with Gasteiger partial charge in [0, 0.05) is 19.0 Å². The molecule has 2 heterocycles. The molecule has 0 unspecified atom stereocenters. The van der Waals surface area contributed by atoms with Crippen LogP contribution >= 0.6 is 11.6 Å². The summed E-state index contributed by atoms with van der Waals surface area (Å²) in [5.74, 6) is 0.788. The fourth-order valence-corrected chi connectivity index (χ4v) is 2.30. The Balaban J connectivity index is 1.51. The van der Waals surface area contributed by atoms with Gasteiger partial charge >= 0.3 is 5.97 Å². The molecule has 0 spiro atoms. The summed E-state index contributed by atoms with van der Waals surface area (Å²) in [5.41, 5.74) is 0.717. The average molecular weight is 364 g/mol. The van der Waals surface area contributed by atoms with E-state index < -0.39 is 0 Å². The predicted molar refractivity (Wildman–Crippen MR) is 88.2 cm³/mol. The third-order valence-corrected chi connectivity index (χ3v) is 3.97. The van der Waals surface area contributed by atoms with Crippen molar-refractivity contribution in [1.82, 2.24) is 14.5 Å². The number of hydrogen-bond donors (Lipinski definition) is 0. The van der Waals surface area contributed by atoms with Gasteiger partial charge in [0.25, 0.3) is 0 Å². The Hall–Kier alpha value is -2.67. The number of imidazole rings is 1. The topological polar surface area (TPSA) is 70.2 Å². The van der Waals surface area contributed by atoms with Crippen molar-refractivity contribution in [2.75, 3.05) is 0 Å². The van der Waals surface area contributed by atoms with E-state index in [-0.39, 0.29) is 24.8 Å². The third kappa shape index (κ3) is 4.24. The van der Waals surface area contributed by atoms with Crippen molar-refractivity contribution in [3.05, 3.63) is 59.3 Å². The van der Waals surface area contributed by atoms with Crippen LogP contribution in [0.15, 0.2) is 41.1 Å². The van der Waals surface area contributed by atoms with Gasteiger partial charge in [0.1, 0.15) is 23.4 Å². The number of aromatic nitrogens is 3.